The summed E-state index contributed by atoms with van der Waals surface area (Å²) in [6.07, 6.45) is 2.03. The minimum Gasteiger partial charge on any atom is -0.419 e. The molecule has 0 saturated heterocycles. The van der Waals surface area contributed by atoms with Crippen molar-refractivity contribution >= 4 is 22.7 Å². The van der Waals surface area contributed by atoms with Gasteiger partial charge in [-0.15, -0.1) is 10.2 Å². The average molecular weight is 390 g/mol. The summed E-state index contributed by atoms with van der Waals surface area (Å²) in [6.45, 7) is 1.99. The molecule has 140 valence electrons. The first kappa shape index (κ1) is 17.2. The second-order valence-electron chi connectivity index (χ2n) is 6.89. The number of hydrogen-bond donors (Lipinski definition) is 0. The Morgan fingerprint density at radius 1 is 1.07 bits per heavy atom. The lowest BCUT2D eigenvalue weighted by Crippen LogP contribution is -2.22. The van der Waals surface area contributed by atoms with Crippen molar-refractivity contribution in [3.05, 3.63) is 70.8 Å². The maximum atomic E-state index is 13.0. The van der Waals surface area contributed by atoms with Gasteiger partial charge < -0.3 is 4.42 Å². The van der Waals surface area contributed by atoms with E-state index < -0.39 is 0 Å². The van der Waals surface area contributed by atoms with Crippen LogP contribution < -0.4 is 5.56 Å². The molecule has 1 saturated carbocycles. The molecule has 1 fully saturated rings. The molecule has 0 N–H and O–H groups in total. The Bertz CT molecular complexity index is 1200. The molecule has 1 atom stereocenters. The summed E-state index contributed by atoms with van der Waals surface area (Å²) in [5.74, 6) is 1.02. The molecule has 2 aromatic heterocycles. The van der Waals surface area contributed by atoms with Gasteiger partial charge >= 0.3 is 0 Å². The Hall–Kier alpha value is -2.93. The van der Waals surface area contributed by atoms with Crippen molar-refractivity contribution in [1.29, 1.82) is 0 Å². The second kappa shape index (κ2) is 6.91. The maximum Gasteiger partial charge on any atom is 0.262 e. The third-order valence-corrected chi connectivity index (χ3v) is 5.83. The summed E-state index contributed by atoms with van der Waals surface area (Å²) in [6, 6.07) is 17.4. The van der Waals surface area contributed by atoms with E-state index in [2.05, 4.69) is 10.2 Å². The highest BCUT2D eigenvalue weighted by molar-refractivity contribution is 7.99. The summed E-state index contributed by atoms with van der Waals surface area (Å²) in [5, 5.41) is 9.63. The Balaban J connectivity index is 1.49. The molecule has 0 bridgehead atoms. The van der Waals surface area contributed by atoms with E-state index in [1.807, 2.05) is 66.1 Å². The van der Waals surface area contributed by atoms with E-state index in [1.165, 1.54) is 11.8 Å². The van der Waals surface area contributed by atoms with E-state index in [9.17, 15) is 4.79 Å². The van der Waals surface area contributed by atoms with Crippen molar-refractivity contribution in [2.75, 3.05) is 0 Å². The van der Waals surface area contributed by atoms with Crippen LogP contribution in [0.5, 0.6) is 0 Å². The number of nitrogens with zero attached hydrogens (tertiary/aromatic N) is 4. The highest BCUT2D eigenvalue weighted by Gasteiger charge is 2.30. The van der Waals surface area contributed by atoms with Gasteiger partial charge in [-0.25, -0.2) is 4.98 Å². The number of fused-ring (bicyclic) bond motifs is 1. The van der Waals surface area contributed by atoms with Crippen molar-refractivity contribution < 1.29 is 4.42 Å². The zero-order valence-electron chi connectivity index (χ0n) is 15.3. The lowest BCUT2D eigenvalue weighted by molar-refractivity contribution is 0.508. The van der Waals surface area contributed by atoms with Crippen LogP contribution in [0.1, 0.15) is 36.9 Å². The quantitative estimate of drug-likeness (QED) is 0.365. The molecule has 0 radical (unpaired) electrons. The SMILES string of the molecule is C[C@@H](Sc1nc2ccccc2c(=O)n1C1CC1)c1nnc(-c2ccccc2)o1. The monoisotopic (exact) mass is 390 g/mol. The van der Waals surface area contributed by atoms with Gasteiger partial charge in [0.1, 0.15) is 0 Å². The van der Waals surface area contributed by atoms with Crippen LogP contribution in [0.3, 0.4) is 0 Å². The van der Waals surface area contributed by atoms with Crippen molar-refractivity contribution in [3.8, 4) is 11.5 Å². The molecule has 0 amide bonds. The van der Waals surface area contributed by atoms with Crippen LogP contribution in [0, 0.1) is 0 Å². The van der Waals surface area contributed by atoms with E-state index in [0.29, 0.717) is 22.3 Å². The average Bonchev–Trinajstić information content (AvgIpc) is 3.43. The fourth-order valence-electron chi connectivity index (χ4n) is 3.17. The molecule has 2 aromatic carbocycles. The fraction of sp³-hybridized carbons (Fsp3) is 0.238. The minimum atomic E-state index is -0.122. The Labute approximate surface area is 165 Å². The Kier molecular flexibility index (Phi) is 4.24. The summed E-state index contributed by atoms with van der Waals surface area (Å²) in [5.41, 5.74) is 1.63. The molecule has 0 spiro atoms. The first-order valence-electron chi connectivity index (χ1n) is 9.27. The lowest BCUT2D eigenvalue weighted by Gasteiger charge is -2.14. The maximum absolute atomic E-state index is 13.0. The van der Waals surface area contributed by atoms with Crippen LogP contribution in [0.25, 0.3) is 22.4 Å². The van der Waals surface area contributed by atoms with Gasteiger partial charge in [-0.3, -0.25) is 9.36 Å². The smallest absolute Gasteiger partial charge is 0.262 e. The minimum absolute atomic E-state index is 0.0262. The van der Waals surface area contributed by atoms with Gasteiger partial charge in [-0.1, -0.05) is 42.1 Å². The number of para-hydroxylation sites is 1. The third kappa shape index (κ3) is 3.11. The van der Waals surface area contributed by atoms with E-state index in [0.717, 1.165) is 23.9 Å². The number of thioether (sulfide) groups is 1. The molecule has 0 unspecified atom stereocenters. The molecule has 0 aliphatic heterocycles. The highest BCUT2D eigenvalue weighted by Crippen LogP contribution is 2.40. The summed E-state index contributed by atoms with van der Waals surface area (Å²) < 4.78 is 7.71. The first-order valence-corrected chi connectivity index (χ1v) is 10.2. The predicted molar refractivity (Wildman–Crippen MR) is 108 cm³/mol. The number of rotatable bonds is 5. The largest absolute Gasteiger partial charge is 0.419 e. The highest BCUT2D eigenvalue weighted by atomic mass is 32.2. The van der Waals surface area contributed by atoms with E-state index >= 15 is 0 Å². The first-order chi connectivity index (χ1) is 13.7. The second-order valence-corrected chi connectivity index (χ2v) is 8.20. The molecular weight excluding hydrogens is 372 g/mol. The molecule has 1 aliphatic carbocycles. The summed E-state index contributed by atoms with van der Waals surface area (Å²) >= 11 is 1.48. The summed E-state index contributed by atoms with van der Waals surface area (Å²) in [7, 11) is 0. The molecule has 7 heteroatoms. The standard InChI is InChI=1S/C21H18N4O2S/c1-13(18-23-24-19(27-18)14-7-3-2-4-8-14)28-21-22-17-10-6-5-9-16(17)20(26)25(21)15-11-12-15/h2-10,13,15H,11-12H2,1H3/t13-/m1/s1. The van der Waals surface area contributed by atoms with Crippen LogP contribution in [-0.2, 0) is 0 Å². The van der Waals surface area contributed by atoms with Crippen molar-refractivity contribution in [2.24, 2.45) is 0 Å². The normalized spacial score (nSPS) is 15.0. The molecular formula is C21H18N4O2S. The van der Waals surface area contributed by atoms with Gasteiger partial charge in [0.05, 0.1) is 16.2 Å². The fourth-order valence-corrected chi connectivity index (χ4v) is 4.18. The molecule has 2 heterocycles. The zero-order valence-corrected chi connectivity index (χ0v) is 16.1. The lowest BCUT2D eigenvalue weighted by atomic mass is 10.2. The molecule has 6 nitrogen and oxygen atoms in total. The topological polar surface area (TPSA) is 73.8 Å². The van der Waals surface area contributed by atoms with Crippen LogP contribution in [0.2, 0.25) is 0 Å². The molecule has 5 rings (SSSR count). The van der Waals surface area contributed by atoms with Crippen molar-refractivity contribution in [2.45, 2.75) is 36.2 Å². The number of aromatic nitrogens is 4. The van der Waals surface area contributed by atoms with Gasteiger partial charge in [-0.2, -0.15) is 0 Å². The summed E-state index contributed by atoms with van der Waals surface area (Å²) in [4.78, 5) is 17.8. The van der Waals surface area contributed by atoms with Crippen LogP contribution in [-0.4, -0.2) is 19.7 Å². The van der Waals surface area contributed by atoms with E-state index in [-0.39, 0.29) is 16.9 Å². The van der Waals surface area contributed by atoms with Gasteiger partial charge in [0.2, 0.25) is 11.8 Å². The van der Waals surface area contributed by atoms with Gasteiger partial charge in [0.25, 0.3) is 5.56 Å². The van der Waals surface area contributed by atoms with Gasteiger partial charge in [-0.05, 0) is 44.0 Å². The molecule has 1 aliphatic rings. The molecule has 4 aromatic rings. The van der Waals surface area contributed by atoms with Crippen LogP contribution in [0.4, 0.5) is 0 Å². The van der Waals surface area contributed by atoms with Crippen LogP contribution in [0.15, 0.2) is 69.0 Å². The number of hydrogen-bond acceptors (Lipinski definition) is 6. The van der Waals surface area contributed by atoms with Crippen LogP contribution >= 0.6 is 11.8 Å². The van der Waals surface area contributed by atoms with Crippen molar-refractivity contribution in [3.63, 3.8) is 0 Å². The zero-order chi connectivity index (χ0) is 19.1. The predicted octanol–water partition coefficient (Wildman–Crippen LogP) is 4.63. The van der Waals surface area contributed by atoms with Gasteiger partial charge in [0.15, 0.2) is 5.16 Å². The Morgan fingerprint density at radius 3 is 2.61 bits per heavy atom. The number of benzene rings is 2. The van der Waals surface area contributed by atoms with E-state index in [4.69, 9.17) is 9.40 Å². The van der Waals surface area contributed by atoms with Gasteiger partial charge in [0, 0.05) is 11.6 Å². The van der Waals surface area contributed by atoms with Crippen molar-refractivity contribution in [1.82, 2.24) is 19.7 Å². The molecule has 28 heavy (non-hydrogen) atoms. The third-order valence-electron chi connectivity index (χ3n) is 4.78. The van der Waals surface area contributed by atoms with E-state index in [1.54, 1.807) is 0 Å². The Morgan fingerprint density at radius 2 is 1.82 bits per heavy atom.